The molecule has 0 saturated carbocycles. The average Bonchev–Trinajstić information content (AvgIpc) is 2.03. The van der Waals surface area contributed by atoms with E-state index < -0.39 is 0 Å². The lowest BCUT2D eigenvalue weighted by molar-refractivity contribution is 0.403. The molecule has 0 aliphatic carbocycles. The van der Waals surface area contributed by atoms with Crippen LogP contribution in [0.25, 0.3) is 0 Å². The van der Waals surface area contributed by atoms with Crippen molar-refractivity contribution in [3.05, 3.63) is 35.9 Å². The maximum atomic E-state index is 4.60. The van der Waals surface area contributed by atoms with Crippen molar-refractivity contribution in [2.75, 3.05) is 0 Å². The van der Waals surface area contributed by atoms with E-state index in [0.29, 0.717) is 5.25 Å². The van der Waals surface area contributed by atoms with Gasteiger partial charge in [-0.15, -0.1) is 0 Å². The zero-order chi connectivity index (χ0) is 9.19. The molecule has 0 spiro atoms. The first-order valence-corrected chi connectivity index (χ1v) is 4.76. The summed E-state index contributed by atoms with van der Waals surface area (Å²) in [5.74, 6) is 0. The van der Waals surface area contributed by atoms with Crippen LogP contribution in [0.2, 0.25) is 0 Å². The van der Waals surface area contributed by atoms with Gasteiger partial charge >= 0.3 is 0 Å². The fraction of sp³-hybridized carbons (Fsp3) is 0.455. The number of benzene rings is 1. The highest BCUT2D eigenvalue weighted by Crippen LogP contribution is 2.37. The third kappa shape index (κ3) is 2.28. The SMILES string of the molecule is CC(C)(C)[C@@H](S)c1ccccc1. The lowest BCUT2D eigenvalue weighted by atomic mass is 9.87. The van der Waals surface area contributed by atoms with Crippen LogP contribution in [0.1, 0.15) is 31.6 Å². The van der Waals surface area contributed by atoms with E-state index in [1.54, 1.807) is 0 Å². The summed E-state index contributed by atoms with van der Waals surface area (Å²) in [6.45, 7) is 6.62. The van der Waals surface area contributed by atoms with Crippen molar-refractivity contribution < 1.29 is 0 Å². The second kappa shape index (κ2) is 3.53. The molecule has 0 aromatic heterocycles. The van der Waals surface area contributed by atoms with Gasteiger partial charge < -0.3 is 0 Å². The van der Waals surface area contributed by atoms with Crippen LogP contribution in [0, 0.1) is 5.41 Å². The number of thiol groups is 1. The van der Waals surface area contributed by atoms with E-state index in [-0.39, 0.29) is 5.41 Å². The summed E-state index contributed by atoms with van der Waals surface area (Å²) >= 11 is 4.60. The first-order valence-electron chi connectivity index (χ1n) is 4.25. The molecule has 0 N–H and O–H groups in total. The third-order valence-electron chi connectivity index (χ3n) is 1.94. The molecule has 1 rings (SSSR count). The van der Waals surface area contributed by atoms with Crippen molar-refractivity contribution in [3.63, 3.8) is 0 Å². The van der Waals surface area contributed by atoms with E-state index in [1.807, 2.05) is 6.07 Å². The van der Waals surface area contributed by atoms with Crippen molar-refractivity contribution in [1.82, 2.24) is 0 Å². The maximum Gasteiger partial charge on any atom is 0.0315 e. The molecule has 0 radical (unpaired) electrons. The monoisotopic (exact) mass is 180 g/mol. The molecular formula is C11H16S. The summed E-state index contributed by atoms with van der Waals surface area (Å²) in [5, 5.41) is 0.318. The molecule has 0 aliphatic rings. The summed E-state index contributed by atoms with van der Waals surface area (Å²) in [7, 11) is 0. The van der Waals surface area contributed by atoms with E-state index in [4.69, 9.17) is 0 Å². The Kier molecular flexibility index (Phi) is 2.84. The van der Waals surface area contributed by atoms with Crippen LogP contribution in [-0.4, -0.2) is 0 Å². The minimum atomic E-state index is 0.227. The zero-order valence-electron chi connectivity index (χ0n) is 7.91. The van der Waals surface area contributed by atoms with Gasteiger partial charge in [-0.25, -0.2) is 0 Å². The van der Waals surface area contributed by atoms with Crippen LogP contribution < -0.4 is 0 Å². The minimum Gasteiger partial charge on any atom is -0.171 e. The summed E-state index contributed by atoms with van der Waals surface area (Å²) in [6, 6.07) is 10.4. The number of hydrogen-bond acceptors (Lipinski definition) is 1. The topological polar surface area (TPSA) is 0 Å². The third-order valence-corrected chi connectivity index (χ3v) is 3.01. The van der Waals surface area contributed by atoms with Crippen LogP contribution in [0.15, 0.2) is 30.3 Å². The molecule has 1 aromatic carbocycles. The Morgan fingerprint density at radius 3 is 2.00 bits per heavy atom. The smallest absolute Gasteiger partial charge is 0.0315 e. The second-order valence-electron chi connectivity index (χ2n) is 4.18. The van der Waals surface area contributed by atoms with Gasteiger partial charge in [-0.1, -0.05) is 51.1 Å². The predicted molar refractivity (Wildman–Crippen MR) is 57.6 cm³/mol. The highest BCUT2D eigenvalue weighted by molar-refractivity contribution is 7.80. The standard InChI is InChI=1S/C11H16S/c1-11(2,3)10(12)9-7-5-4-6-8-9/h4-8,10,12H,1-3H3/t10-/m0/s1. The molecule has 1 atom stereocenters. The van der Waals surface area contributed by atoms with E-state index >= 15 is 0 Å². The second-order valence-corrected chi connectivity index (χ2v) is 4.70. The van der Waals surface area contributed by atoms with E-state index in [2.05, 4.69) is 57.7 Å². The van der Waals surface area contributed by atoms with E-state index in [1.165, 1.54) is 5.56 Å². The van der Waals surface area contributed by atoms with Crippen LogP contribution in [0.3, 0.4) is 0 Å². The van der Waals surface area contributed by atoms with Gasteiger partial charge in [-0.05, 0) is 11.0 Å². The molecule has 0 heterocycles. The fourth-order valence-electron chi connectivity index (χ4n) is 1.14. The van der Waals surface area contributed by atoms with Crippen molar-refractivity contribution in [1.29, 1.82) is 0 Å². The highest BCUT2D eigenvalue weighted by atomic mass is 32.1. The van der Waals surface area contributed by atoms with Crippen LogP contribution in [-0.2, 0) is 0 Å². The Morgan fingerprint density at radius 1 is 1.08 bits per heavy atom. The molecule has 0 bridgehead atoms. The van der Waals surface area contributed by atoms with Crippen LogP contribution in [0.4, 0.5) is 0 Å². The fourth-order valence-corrected chi connectivity index (χ4v) is 1.31. The Labute approximate surface area is 80.4 Å². The Morgan fingerprint density at radius 2 is 1.58 bits per heavy atom. The van der Waals surface area contributed by atoms with Crippen molar-refractivity contribution >= 4 is 12.6 Å². The lowest BCUT2D eigenvalue weighted by Crippen LogP contribution is -2.12. The molecule has 0 unspecified atom stereocenters. The molecule has 0 saturated heterocycles. The quantitative estimate of drug-likeness (QED) is 0.626. The number of hydrogen-bond donors (Lipinski definition) is 1. The van der Waals surface area contributed by atoms with Gasteiger partial charge in [0.2, 0.25) is 0 Å². The Hall–Kier alpha value is -0.430. The van der Waals surface area contributed by atoms with Gasteiger partial charge in [-0.2, -0.15) is 12.6 Å². The first kappa shape index (κ1) is 9.66. The molecule has 12 heavy (non-hydrogen) atoms. The summed E-state index contributed by atoms with van der Waals surface area (Å²) in [4.78, 5) is 0. The van der Waals surface area contributed by atoms with Gasteiger partial charge in [0.1, 0.15) is 0 Å². The van der Waals surface area contributed by atoms with Gasteiger partial charge in [-0.3, -0.25) is 0 Å². The van der Waals surface area contributed by atoms with E-state index in [0.717, 1.165) is 0 Å². The Balaban J connectivity index is 2.86. The van der Waals surface area contributed by atoms with Gasteiger partial charge in [0.15, 0.2) is 0 Å². The molecule has 0 amide bonds. The summed E-state index contributed by atoms with van der Waals surface area (Å²) in [6.07, 6.45) is 0. The normalized spacial score (nSPS) is 14.3. The molecule has 0 fully saturated rings. The Bertz CT molecular complexity index is 233. The highest BCUT2D eigenvalue weighted by Gasteiger charge is 2.21. The van der Waals surface area contributed by atoms with Crippen molar-refractivity contribution in [3.8, 4) is 0 Å². The number of rotatable bonds is 1. The predicted octanol–water partition coefficient (Wildman–Crippen LogP) is 3.70. The molecule has 1 aromatic rings. The molecule has 0 aliphatic heterocycles. The minimum absolute atomic E-state index is 0.227. The zero-order valence-corrected chi connectivity index (χ0v) is 8.81. The lowest BCUT2D eigenvalue weighted by Gasteiger charge is -2.26. The summed E-state index contributed by atoms with van der Waals surface area (Å²) < 4.78 is 0. The van der Waals surface area contributed by atoms with E-state index in [9.17, 15) is 0 Å². The molecule has 66 valence electrons. The summed E-state index contributed by atoms with van der Waals surface area (Å²) in [5.41, 5.74) is 1.53. The van der Waals surface area contributed by atoms with Crippen molar-refractivity contribution in [2.24, 2.45) is 5.41 Å². The first-order chi connectivity index (χ1) is 5.52. The van der Waals surface area contributed by atoms with Gasteiger partial charge in [0.25, 0.3) is 0 Å². The molecule has 1 heteroatoms. The molecule has 0 nitrogen and oxygen atoms in total. The van der Waals surface area contributed by atoms with Crippen molar-refractivity contribution in [2.45, 2.75) is 26.0 Å². The van der Waals surface area contributed by atoms with Gasteiger partial charge in [0.05, 0.1) is 0 Å². The largest absolute Gasteiger partial charge is 0.171 e. The van der Waals surface area contributed by atoms with Crippen LogP contribution >= 0.6 is 12.6 Å². The van der Waals surface area contributed by atoms with Gasteiger partial charge in [0, 0.05) is 5.25 Å². The van der Waals surface area contributed by atoms with Crippen LogP contribution in [0.5, 0.6) is 0 Å². The maximum absolute atomic E-state index is 4.60. The molecular weight excluding hydrogens is 164 g/mol. The average molecular weight is 180 g/mol.